The van der Waals surface area contributed by atoms with Gasteiger partial charge in [-0.3, -0.25) is 5.84 Å². The summed E-state index contributed by atoms with van der Waals surface area (Å²) in [7, 11) is 1.76. The molecule has 2 rings (SSSR count). The molecule has 1 aliphatic carbocycles. The van der Waals surface area contributed by atoms with E-state index in [2.05, 4.69) is 10.4 Å². The second-order valence-electron chi connectivity index (χ2n) is 5.14. The zero-order chi connectivity index (χ0) is 14.0. The van der Waals surface area contributed by atoms with Gasteiger partial charge in [0, 0.05) is 19.4 Å². The van der Waals surface area contributed by atoms with Gasteiger partial charge in [0.05, 0.1) is 12.0 Å². The lowest BCUT2D eigenvalue weighted by atomic mass is 9.74. The lowest BCUT2D eigenvalue weighted by Crippen LogP contribution is -2.43. The second kappa shape index (κ2) is 5.50. The molecule has 1 aliphatic rings. The van der Waals surface area contributed by atoms with Crippen LogP contribution in [0.15, 0.2) is 12.4 Å². The summed E-state index contributed by atoms with van der Waals surface area (Å²) in [5.41, 5.74) is 2.53. The normalized spacial score (nSPS) is 26.4. The maximum absolute atomic E-state index is 13.1. The zero-order valence-electron chi connectivity index (χ0n) is 10.8. The quantitative estimate of drug-likeness (QED) is 0.658. The number of nitrogens with one attached hydrogen (secondary N) is 1. The summed E-state index contributed by atoms with van der Waals surface area (Å²) in [6, 6.07) is -0.563. The van der Waals surface area contributed by atoms with Crippen molar-refractivity contribution in [3.63, 3.8) is 0 Å². The van der Waals surface area contributed by atoms with Crippen molar-refractivity contribution >= 4 is 0 Å². The number of imidazole rings is 1. The molecule has 1 fully saturated rings. The first-order valence-electron chi connectivity index (χ1n) is 6.45. The van der Waals surface area contributed by atoms with Crippen molar-refractivity contribution in [1.29, 1.82) is 0 Å². The van der Waals surface area contributed by atoms with Crippen LogP contribution in [0.1, 0.15) is 37.5 Å². The number of nitrogens with zero attached hydrogens (tertiary/aromatic N) is 2. The van der Waals surface area contributed by atoms with Crippen LogP contribution in [0.25, 0.3) is 0 Å². The molecule has 3 N–H and O–H groups in total. The van der Waals surface area contributed by atoms with Crippen LogP contribution < -0.4 is 11.3 Å². The number of alkyl halides is 3. The lowest BCUT2D eigenvalue weighted by Gasteiger charge is -2.37. The minimum Gasteiger partial charge on any atom is -0.337 e. The highest BCUT2D eigenvalue weighted by Gasteiger charge is 2.48. The van der Waals surface area contributed by atoms with Crippen molar-refractivity contribution in [2.45, 2.75) is 37.9 Å². The van der Waals surface area contributed by atoms with Gasteiger partial charge in [0.2, 0.25) is 0 Å². The number of halogens is 3. The van der Waals surface area contributed by atoms with Gasteiger partial charge in [0.25, 0.3) is 0 Å². The Morgan fingerprint density at radius 1 is 1.42 bits per heavy atom. The number of nitrogens with two attached hydrogens (primary N) is 1. The van der Waals surface area contributed by atoms with Gasteiger partial charge in [-0.25, -0.2) is 10.4 Å². The lowest BCUT2D eigenvalue weighted by molar-refractivity contribution is -0.200. The molecule has 0 radical (unpaired) electrons. The van der Waals surface area contributed by atoms with Crippen LogP contribution in [0, 0.1) is 11.8 Å². The second-order valence-corrected chi connectivity index (χ2v) is 5.14. The smallest absolute Gasteiger partial charge is 0.337 e. The molecular weight excluding hydrogens is 257 g/mol. The van der Waals surface area contributed by atoms with Crippen LogP contribution in [-0.4, -0.2) is 15.7 Å². The average molecular weight is 276 g/mol. The fourth-order valence-corrected chi connectivity index (χ4v) is 3.03. The van der Waals surface area contributed by atoms with E-state index in [9.17, 15) is 13.2 Å². The van der Waals surface area contributed by atoms with Gasteiger partial charge in [0.1, 0.15) is 5.82 Å². The molecule has 7 heteroatoms. The molecule has 1 heterocycles. The van der Waals surface area contributed by atoms with E-state index in [1.165, 1.54) is 0 Å². The third kappa shape index (κ3) is 2.92. The van der Waals surface area contributed by atoms with Crippen molar-refractivity contribution < 1.29 is 13.2 Å². The fourth-order valence-electron chi connectivity index (χ4n) is 3.03. The molecule has 1 aromatic heterocycles. The Hall–Kier alpha value is -1.08. The highest BCUT2D eigenvalue weighted by molar-refractivity contribution is 5.03. The molecule has 0 aromatic carbocycles. The molecule has 3 unspecified atom stereocenters. The maximum atomic E-state index is 13.1. The fraction of sp³-hybridized carbons (Fsp3) is 0.750. The van der Waals surface area contributed by atoms with Gasteiger partial charge in [-0.1, -0.05) is 12.8 Å². The molecule has 0 aliphatic heterocycles. The predicted octanol–water partition coefficient (Wildman–Crippen LogP) is 2.29. The summed E-state index contributed by atoms with van der Waals surface area (Å²) in [4.78, 5) is 4.13. The first-order chi connectivity index (χ1) is 8.95. The molecule has 4 nitrogen and oxygen atoms in total. The molecule has 1 aromatic rings. The number of aryl methyl sites for hydroxylation is 1. The standard InChI is InChI=1S/C12H19F3N4/c1-19-7-6-17-11(19)10(18-16)8-4-2-3-5-9(8)12(13,14)15/h6-10,18H,2-5,16H2,1H3. The molecule has 0 amide bonds. The molecule has 0 bridgehead atoms. The van der Waals surface area contributed by atoms with Crippen molar-refractivity contribution in [2.24, 2.45) is 24.7 Å². The van der Waals surface area contributed by atoms with E-state index in [1.54, 1.807) is 24.0 Å². The highest BCUT2D eigenvalue weighted by atomic mass is 19.4. The third-order valence-electron chi connectivity index (χ3n) is 3.98. The van der Waals surface area contributed by atoms with E-state index in [1.807, 2.05) is 0 Å². The highest BCUT2D eigenvalue weighted by Crippen LogP contribution is 2.45. The Labute approximate surface area is 110 Å². The number of hydrogen-bond acceptors (Lipinski definition) is 3. The van der Waals surface area contributed by atoms with Gasteiger partial charge in [0.15, 0.2) is 0 Å². The van der Waals surface area contributed by atoms with Crippen molar-refractivity contribution in [3.05, 3.63) is 18.2 Å². The van der Waals surface area contributed by atoms with Crippen LogP contribution in [0.5, 0.6) is 0 Å². The summed E-state index contributed by atoms with van der Waals surface area (Å²) in [6.07, 6.45) is 1.24. The monoisotopic (exact) mass is 276 g/mol. The van der Waals surface area contributed by atoms with E-state index in [0.29, 0.717) is 18.7 Å². The Balaban J connectivity index is 2.27. The summed E-state index contributed by atoms with van der Waals surface area (Å²) in [6.45, 7) is 0. The minimum absolute atomic E-state index is 0.177. The van der Waals surface area contributed by atoms with Gasteiger partial charge < -0.3 is 4.57 Å². The summed E-state index contributed by atoms with van der Waals surface area (Å²) < 4.78 is 41.1. The van der Waals surface area contributed by atoms with Gasteiger partial charge >= 0.3 is 6.18 Å². The Morgan fingerprint density at radius 3 is 2.63 bits per heavy atom. The molecule has 108 valence electrons. The van der Waals surface area contributed by atoms with Crippen LogP contribution in [0.3, 0.4) is 0 Å². The number of hydrogen-bond donors (Lipinski definition) is 2. The molecular formula is C12H19F3N4. The van der Waals surface area contributed by atoms with Crippen LogP contribution in [-0.2, 0) is 7.05 Å². The van der Waals surface area contributed by atoms with Gasteiger partial charge in [-0.05, 0) is 18.8 Å². The minimum atomic E-state index is -4.18. The molecule has 3 atom stereocenters. The van der Waals surface area contributed by atoms with Crippen molar-refractivity contribution in [3.8, 4) is 0 Å². The van der Waals surface area contributed by atoms with Crippen molar-refractivity contribution in [2.75, 3.05) is 0 Å². The van der Waals surface area contributed by atoms with E-state index in [0.717, 1.165) is 6.42 Å². The predicted molar refractivity (Wildman–Crippen MR) is 64.8 cm³/mol. The zero-order valence-corrected chi connectivity index (χ0v) is 10.8. The average Bonchev–Trinajstić information content (AvgIpc) is 2.76. The SMILES string of the molecule is Cn1ccnc1C(NN)C1CCCCC1C(F)(F)F. The van der Waals surface area contributed by atoms with E-state index < -0.39 is 24.1 Å². The molecule has 19 heavy (non-hydrogen) atoms. The Morgan fingerprint density at radius 2 is 2.11 bits per heavy atom. The maximum Gasteiger partial charge on any atom is 0.392 e. The topological polar surface area (TPSA) is 55.9 Å². The van der Waals surface area contributed by atoms with E-state index in [-0.39, 0.29) is 6.42 Å². The van der Waals surface area contributed by atoms with Crippen molar-refractivity contribution in [1.82, 2.24) is 15.0 Å². The largest absolute Gasteiger partial charge is 0.392 e. The van der Waals surface area contributed by atoms with Crippen LogP contribution in [0.2, 0.25) is 0 Å². The van der Waals surface area contributed by atoms with Gasteiger partial charge in [-0.15, -0.1) is 0 Å². The number of rotatable bonds is 3. The number of aromatic nitrogens is 2. The number of hydrazine groups is 1. The van der Waals surface area contributed by atoms with Gasteiger partial charge in [-0.2, -0.15) is 13.2 Å². The van der Waals surface area contributed by atoms with E-state index >= 15 is 0 Å². The summed E-state index contributed by atoms with van der Waals surface area (Å²) in [5.74, 6) is 4.20. The molecule has 0 saturated heterocycles. The summed E-state index contributed by atoms with van der Waals surface area (Å²) >= 11 is 0. The Kier molecular flexibility index (Phi) is 4.15. The van der Waals surface area contributed by atoms with E-state index in [4.69, 9.17) is 5.84 Å². The molecule has 1 saturated carbocycles. The Bertz CT molecular complexity index is 415. The first-order valence-corrected chi connectivity index (χ1v) is 6.45. The first kappa shape index (κ1) is 14.3. The molecule has 0 spiro atoms. The third-order valence-corrected chi connectivity index (χ3v) is 3.98. The summed E-state index contributed by atoms with van der Waals surface area (Å²) in [5, 5.41) is 0. The van der Waals surface area contributed by atoms with Crippen LogP contribution in [0.4, 0.5) is 13.2 Å². The van der Waals surface area contributed by atoms with Crippen LogP contribution >= 0.6 is 0 Å².